The van der Waals surface area contributed by atoms with E-state index in [1.165, 1.54) is 4.88 Å². The first-order chi connectivity index (χ1) is 14.6. The van der Waals surface area contributed by atoms with E-state index in [-0.39, 0.29) is 35.9 Å². The van der Waals surface area contributed by atoms with Crippen LogP contribution in [0.1, 0.15) is 22.9 Å². The topological polar surface area (TPSA) is 87.4 Å². The van der Waals surface area contributed by atoms with Gasteiger partial charge in [-0.25, -0.2) is 4.99 Å². The molecule has 1 unspecified atom stereocenters. The van der Waals surface area contributed by atoms with Crippen molar-refractivity contribution in [2.45, 2.75) is 32.5 Å². The van der Waals surface area contributed by atoms with Crippen molar-refractivity contribution in [3.63, 3.8) is 0 Å². The van der Waals surface area contributed by atoms with E-state index in [1.54, 1.807) is 11.3 Å². The second-order valence-electron chi connectivity index (χ2n) is 7.21. The van der Waals surface area contributed by atoms with E-state index in [4.69, 9.17) is 4.99 Å². The molecule has 1 amide bonds. The van der Waals surface area contributed by atoms with Gasteiger partial charge in [0.1, 0.15) is 12.4 Å². The Morgan fingerprint density at radius 2 is 2.03 bits per heavy atom. The van der Waals surface area contributed by atoms with Crippen molar-refractivity contribution in [3.8, 4) is 0 Å². The largest absolute Gasteiger partial charge is 0.351 e. The van der Waals surface area contributed by atoms with Crippen molar-refractivity contribution in [2.75, 3.05) is 11.4 Å². The second-order valence-corrected chi connectivity index (χ2v) is 8.24. The second kappa shape index (κ2) is 10.7. The summed E-state index contributed by atoms with van der Waals surface area (Å²) in [6.45, 7) is 3.59. The minimum absolute atomic E-state index is 0. The highest BCUT2D eigenvalue weighted by molar-refractivity contribution is 14.0. The zero-order valence-corrected chi connectivity index (χ0v) is 20.6. The first-order valence-electron chi connectivity index (χ1n) is 9.87. The van der Waals surface area contributed by atoms with E-state index in [0.717, 1.165) is 17.3 Å². The smallest absolute Gasteiger partial charge is 0.229 e. The molecule has 0 aliphatic carbocycles. The van der Waals surface area contributed by atoms with Gasteiger partial charge in [-0.2, -0.15) is 0 Å². The van der Waals surface area contributed by atoms with Gasteiger partial charge in [0.05, 0.1) is 12.6 Å². The van der Waals surface area contributed by atoms with Crippen molar-refractivity contribution in [1.82, 2.24) is 25.4 Å². The number of carbonyl (C=O) groups excluding carboxylic acids is 1. The lowest BCUT2D eigenvalue weighted by Gasteiger charge is -2.19. The molecular weight excluding hydrogens is 525 g/mol. The van der Waals surface area contributed by atoms with E-state index in [9.17, 15) is 4.79 Å². The van der Waals surface area contributed by atoms with Crippen LogP contribution in [0.3, 0.4) is 0 Å². The number of aromatic nitrogens is 3. The number of aryl methyl sites for hydroxylation is 1. The monoisotopic (exact) mass is 551 g/mol. The molecule has 31 heavy (non-hydrogen) atoms. The molecule has 4 rings (SSSR count). The van der Waals surface area contributed by atoms with Crippen LogP contribution in [0.25, 0.3) is 0 Å². The van der Waals surface area contributed by atoms with Crippen molar-refractivity contribution in [3.05, 3.63) is 64.4 Å². The van der Waals surface area contributed by atoms with Crippen molar-refractivity contribution >= 4 is 52.9 Å². The third-order valence-corrected chi connectivity index (χ3v) is 5.98. The summed E-state index contributed by atoms with van der Waals surface area (Å²) < 4.78 is 1.93. The van der Waals surface area contributed by atoms with Gasteiger partial charge in [-0.15, -0.1) is 45.5 Å². The van der Waals surface area contributed by atoms with Gasteiger partial charge < -0.3 is 20.1 Å². The van der Waals surface area contributed by atoms with Crippen LogP contribution in [0, 0.1) is 6.92 Å². The maximum Gasteiger partial charge on any atom is 0.229 e. The van der Waals surface area contributed by atoms with E-state index in [1.807, 2.05) is 59.8 Å². The molecule has 1 atom stereocenters. The van der Waals surface area contributed by atoms with Crippen molar-refractivity contribution in [2.24, 2.45) is 12.0 Å². The molecule has 8 nitrogen and oxygen atoms in total. The number of carbonyl (C=O) groups is 1. The molecule has 10 heteroatoms. The first-order valence-corrected chi connectivity index (χ1v) is 10.8. The van der Waals surface area contributed by atoms with Crippen LogP contribution in [0.4, 0.5) is 5.69 Å². The predicted octanol–water partition coefficient (Wildman–Crippen LogP) is 2.84. The molecule has 2 aromatic heterocycles. The van der Waals surface area contributed by atoms with Crippen LogP contribution >= 0.6 is 35.3 Å². The molecule has 3 heterocycles. The lowest BCUT2D eigenvalue weighted by atomic mass is 10.2. The average Bonchev–Trinajstić information content (AvgIpc) is 3.47. The summed E-state index contributed by atoms with van der Waals surface area (Å²) in [5.74, 6) is 2.41. The summed E-state index contributed by atoms with van der Waals surface area (Å²) in [4.78, 5) is 20.3. The average molecular weight is 551 g/mol. The number of rotatable bonds is 6. The van der Waals surface area contributed by atoms with E-state index >= 15 is 0 Å². The van der Waals surface area contributed by atoms with Gasteiger partial charge in [-0.05, 0) is 30.5 Å². The van der Waals surface area contributed by atoms with Crippen molar-refractivity contribution in [1.29, 1.82) is 0 Å². The minimum atomic E-state index is -0.0199. The lowest BCUT2D eigenvalue weighted by Crippen LogP contribution is -2.44. The number of amides is 1. The molecule has 0 radical (unpaired) electrons. The van der Waals surface area contributed by atoms with Crippen LogP contribution in [0.2, 0.25) is 0 Å². The molecule has 1 aliphatic heterocycles. The molecule has 1 fully saturated rings. The number of nitrogens with zero attached hydrogens (tertiary/aromatic N) is 5. The van der Waals surface area contributed by atoms with Crippen LogP contribution in [0.5, 0.6) is 0 Å². The van der Waals surface area contributed by atoms with Gasteiger partial charge in [-0.1, -0.05) is 24.3 Å². The summed E-state index contributed by atoms with van der Waals surface area (Å²) in [7, 11) is 1.93. The Bertz CT molecular complexity index is 1020. The SMILES string of the molecule is Cc1nnc(CN=C(NCc2cccs2)NC2CC(=O)N(c3ccccc3)C2)n1C.I. The van der Waals surface area contributed by atoms with Crippen LogP contribution in [-0.2, 0) is 24.9 Å². The molecule has 0 saturated carbocycles. The third kappa shape index (κ3) is 5.82. The first kappa shape index (κ1) is 23.2. The Hall–Kier alpha value is -2.47. The van der Waals surface area contributed by atoms with Crippen LogP contribution < -0.4 is 15.5 Å². The molecule has 1 aromatic carbocycles. The maximum absolute atomic E-state index is 12.5. The number of para-hydroxylation sites is 1. The van der Waals surface area contributed by atoms with Gasteiger partial charge in [0.25, 0.3) is 0 Å². The molecular formula is C21H26IN7OS. The predicted molar refractivity (Wildman–Crippen MR) is 134 cm³/mol. The molecule has 1 saturated heterocycles. The highest BCUT2D eigenvalue weighted by Crippen LogP contribution is 2.21. The number of anilines is 1. The van der Waals surface area contributed by atoms with Gasteiger partial charge in [-0.3, -0.25) is 4.79 Å². The summed E-state index contributed by atoms with van der Waals surface area (Å²) in [6.07, 6.45) is 0.428. The fourth-order valence-corrected chi connectivity index (χ4v) is 3.97. The maximum atomic E-state index is 12.5. The summed E-state index contributed by atoms with van der Waals surface area (Å²) in [5, 5.41) is 17.1. The number of guanidine groups is 1. The Morgan fingerprint density at radius 1 is 1.23 bits per heavy atom. The molecule has 0 spiro atoms. The minimum Gasteiger partial charge on any atom is -0.351 e. The van der Waals surface area contributed by atoms with Gasteiger partial charge in [0.2, 0.25) is 5.91 Å². The number of benzene rings is 1. The van der Waals surface area contributed by atoms with E-state index in [0.29, 0.717) is 32.0 Å². The van der Waals surface area contributed by atoms with Gasteiger partial charge in [0.15, 0.2) is 11.8 Å². The third-order valence-electron chi connectivity index (χ3n) is 5.11. The Labute approximate surface area is 202 Å². The highest BCUT2D eigenvalue weighted by Gasteiger charge is 2.31. The van der Waals surface area contributed by atoms with E-state index < -0.39 is 0 Å². The lowest BCUT2D eigenvalue weighted by molar-refractivity contribution is -0.117. The quantitative estimate of drug-likeness (QED) is 0.280. The number of hydrogen-bond acceptors (Lipinski definition) is 5. The highest BCUT2D eigenvalue weighted by atomic mass is 127. The Morgan fingerprint density at radius 3 is 2.71 bits per heavy atom. The summed E-state index contributed by atoms with van der Waals surface area (Å²) in [6, 6.07) is 13.9. The fourth-order valence-electron chi connectivity index (χ4n) is 3.33. The molecule has 0 bridgehead atoms. The number of hydrogen-bond donors (Lipinski definition) is 2. The van der Waals surface area contributed by atoms with Gasteiger partial charge in [0, 0.05) is 30.6 Å². The summed E-state index contributed by atoms with van der Waals surface area (Å²) >= 11 is 1.69. The van der Waals surface area contributed by atoms with Gasteiger partial charge >= 0.3 is 0 Å². The number of thiophene rings is 1. The Balaban J connectivity index is 0.00000272. The molecule has 1 aliphatic rings. The van der Waals surface area contributed by atoms with Crippen LogP contribution in [0.15, 0.2) is 52.8 Å². The fraction of sp³-hybridized carbons (Fsp3) is 0.333. The zero-order chi connectivity index (χ0) is 20.9. The molecule has 2 N–H and O–H groups in total. The number of nitrogens with one attached hydrogen (secondary N) is 2. The number of aliphatic imine (C=N–C) groups is 1. The normalized spacial score (nSPS) is 16.3. The van der Waals surface area contributed by atoms with E-state index in [2.05, 4.69) is 32.3 Å². The summed E-state index contributed by atoms with van der Waals surface area (Å²) in [5.41, 5.74) is 0.923. The van der Waals surface area contributed by atoms with Crippen molar-refractivity contribution < 1.29 is 4.79 Å². The zero-order valence-electron chi connectivity index (χ0n) is 17.5. The standard InChI is InChI=1S/C21H25N7OS.HI/c1-15-25-26-19(27(15)2)13-23-21(22-12-18-9-6-10-30-18)24-16-11-20(29)28(14-16)17-7-4-3-5-8-17;/h3-10,16H,11-14H2,1-2H3,(H2,22,23,24);1H. The Kier molecular flexibility index (Phi) is 8.02. The van der Waals surface area contributed by atoms with Crippen LogP contribution in [-0.4, -0.2) is 39.2 Å². The molecule has 3 aromatic rings. The molecule has 164 valence electrons. The number of halogens is 1.